The summed E-state index contributed by atoms with van der Waals surface area (Å²) < 4.78 is 0. The lowest BCUT2D eigenvalue weighted by Gasteiger charge is -2.04. The number of thiophene rings is 1. The van der Waals surface area contributed by atoms with Gasteiger partial charge >= 0.3 is 0 Å². The number of nitrogens with two attached hydrogens (primary N) is 1. The van der Waals surface area contributed by atoms with Crippen molar-refractivity contribution in [2.24, 2.45) is 5.73 Å². The molecule has 0 spiro atoms. The fourth-order valence-corrected chi connectivity index (χ4v) is 2.55. The molecule has 4 heteroatoms. The first-order valence-electron chi connectivity index (χ1n) is 6.82. The number of aryl methyl sites for hydroxylation is 1. The summed E-state index contributed by atoms with van der Waals surface area (Å²) in [5.41, 5.74) is 5.39. The average molecular weight is 268 g/mol. The molecule has 1 rings (SSSR count). The number of hydrogen-bond acceptors (Lipinski definition) is 3. The Morgan fingerprint density at radius 1 is 1.22 bits per heavy atom. The molecule has 0 unspecified atom stereocenters. The van der Waals surface area contributed by atoms with Crippen molar-refractivity contribution < 1.29 is 4.79 Å². The van der Waals surface area contributed by atoms with Crippen LogP contribution in [-0.4, -0.2) is 19.0 Å². The van der Waals surface area contributed by atoms with Crippen molar-refractivity contribution in [1.29, 1.82) is 0 Å². The van der Waals surface area contributed by atoms with Crippen LogP contribution in [0.4, 0.5) is 0 Å². The normalized spacial score (nSPS) is 10.5. The summed E-state index contributed by atoms with van der Waals surface area (Å²) in [7, 11) is 0. The van der Waals surface area contributed by atoms with Crippen molar-refractivity contribution in [3.05, 3.63) is 22.4 Å². The van der Waals surface area contributed by atoms with Crippen molar-refractivity contribution in [2.45, 2.75) is 44.9 Å². The molecule has 0 radical (unpaired) electrons. The Labute approximate surface area is 114 Å². The zero-order valence-corrected chi connectivity index (χ0v) is 11.8. The minimum absolute atomic E-state index is 0.183. The van der Waals surface area contributed by atoms with Crippen molar-refractivity contribution >= 4 is 17.2 Å². The van der Waals surface area contributed by atoms with Gasteiger partial charge in [0, 0.05) is 17.8 Å². The average Bonchev–Trinajstić information content (AvgIpc) is 2.87. The molecule has 3 nitrogen and oxygen atoms in total. The van der Waals surface area contributed by atoms with Crippen LogP contribution in [0.1, 0.15) is 43.4 Å². The number of rotatable bonds is 10. The van der Waals surface area contributed by atoms with Gasteiger partial charge in [-0.15, -0.1) is 11.3 Å². The molecular weight excluding hydrogens is 244 g/mol. The van der Waals surface area contributed by atoms with Gasteiger partial charge in [0.2, 0.25) is 5.91 Å². The van der Waals surface area contributed by atoms with Crippen molar-refractivity contribution in [2.75, 3.05) is 13.1 Å². The van der Waals surface area contributed by atoms with Crippen LogP contribution in [-0.2, 0) is 11.2 Å². The Kier molecular flexibility index (Phi) is 8.51. The van der Waals surface area contributed by atoms with E-state index in [0.29, 0.717) is 13.0 Å². The summed E-state index contributed by atoms with van der Waals surface area (Å²) in [6.07, 6.45) is 7.09. The van der Waals surface area contributed by atoms with Crippen LogP contribution >= 0.6 is 11.3 Å². The standard InChI is InChI=1S/C14H24N2OS/c15-10-4-5-11-16-14(17)9-3-1-2-7-13-8-6-12-18-13/h6,8,12H,1-5,7,9-11,15H2,(H,16,17). The van der Waals surface area contributed by atoms with E-state index in [1.807, 2.05) is 11.3 Å². The molecule has 0 saturated carbocycles. The van der Waals surface area contributed by atoms with Gasteiger partial charge in [-0.2, -0.15) is 0 Å². The number of carbonyl (C=O) groups excluding carboxylic acids is 1. The molecule has 1 aromatic heterocycles. The lowest BCUT2D eigenvalue weighted by Crippen LogP contribution is -2.24. The van der Waals surface area contributed by atoms with Gasteiger partial charge < -0.3 is 11.1 Å². The van der Waals surface area contributed by atoms with E-state index in [1.165, 1.54) is 11.3 Å². The van der Waals surface area contributed by atoms with Crippen LogP contribution in [0.25, 0.3) is 0 Å². The van der Waals surface area contributed by atoms with Crippen LogP contribution in [0.15, 0.2) is 17.5 Å². The minimum atomic E-state index is 0.183. The fraction of sp³-hybridized carbons (Fsp3) is 0.643. The van der Waals surface area contributed by atoms with E-state index in [9.17, 15) is 4.79 Å². The maximum Gasteiger partial charge on any atom is 0.219 e. The molecule has 0 aliphatic heterocycles. The molecule has 0 bridgehead atoms. The van der Waals surface area contributed by atoms with E-state index in [2.05, 4.69) is 22.8 Å². The van der Waals surface area contributed by atoms with Crippen LogP contribution < -0.4 is 11.1 Å². The second-order valence-electron chi connectivity index (χ2n) is 4.49. The largest absolute Gasteiger partial charge is 0.356 e. The summed E-state index contributed by atoms with van der Waals surface area (Å²) in [5, 5.41) is 5.04. The van der Waals surface area contributed by atoms with Crippen molar-refractivity contribution in [3.63, 3.8) is 0 Å². The van der Waals surface area contributed by atoms with E-state index >= 15 is 0 Å². The Bertz CT molecular complexity index is 312. The molecule has 0 aliphatic carbocycles. The third-order valence-electron chi connectivity index (χ3n) is 2.86. The quantitative estimate of drug-likeness (QED) is 0.641. The monoisotopic (exact) mass is 268 g/mol. The van der Waals surface area contributed by atoms with E-state index in [1.54, 1.807) is 0 Å². The number of hydrogen-bond donors (Lipinski definition) is 2. The van der Waals surface area contributed by atoms with Crippen molar-refractivity contribution in [1.82, 2.24) is 5.32 Å². The Morgan fingerprint density at radius 3 is 2.83 bits per heavy atom. The fourth-order valence-electron chi connectivity index (χ4n) is 1.80. The van der Waals surface area contributed by atoms with Gasteiger partial charge in [-0.05, 0) is 50.1 Å². The third kappa shape index (κ3) is 7.45. The summed E-state index contributed by atoms with van der Waals surface area (Å²) in [6, 6.07) is 4.27. The highest BCUT2D eigenvalue weighted by molar-refractivity contribution is 7.09. The van der Waals surface area contributed by atoms with Gasteiger partial charge in [0.25, 0.3) is 0 Å². The van der Waals surface area contributed by atoms with Gasteiger partial charge in [0.1, 0.15) is 0 Å². The molecule has 1 aromatic rings. The summed E-state index contributed by atoms with van der Waals surface area (Å²) in [6.45, 7) is 1.48. The zero-order chi connectivity index (χ0) is 13.1. The van der Waals surface area contributed by atoms with E-state index in [4.69, 9.17) is 5.73 Å². The molecule has 102 valence electrons. The van der Waals surface area contributed by atoms with Crippen LogP contribution in [0.5, 0.6) is 0 Å². The molecule has 1 amide bonds. The Morgan fingerprint density at radius 2 is 2.11 bits per heavy atom. The van der Waals surface area contributed by atoms with Crippen LogP contribution in [0.3, 0.4) is 0 Å². The zero-order valence-electron chi connectivity index (χ0n) is 11.0. The van der Waals surface area contributed by atoms with Gasteiger partial charge in [0.15, 0.2) is 0 Å². The molecule has 0 fully saturated rings. The maximum atomic E-state index is 11.5. The molecular formula is C14H24N2OS. The smallest absolute Gasteiger partial charge is 0.219 e. The molecule has 3 N–H and O–H groups in total. The first-order chi connectivity index (χ1) is 8.83. The predicted octanol–water partition coefficient (Wildman–Crippen LogP) is 2.71. The molecule has 0 saturated heterocycles. The third-order valence-corrected chi connectivity index (χ3v) is 3.80. The summed E-state index contributed by atoms with van der Waals surface area (Å²) in [5.74, 6) is 0.183. The predicted molar refractivity (Wildman–Crippen MR) is 77.8 cm³/mol. The maximum absolute atomic E-state index is 11.5. The van der Waals surface area contributed by atoms with Gasteiger partial charge in [-0.1, -0.05) is 12.5 Å². The van der Waals surface area contributed by atoms with E-state index < -0.39 is 0 Å². The second kappa shape index (κ2) is 10.1. The lowest BCUT2D eigenvalue weighted by atomic mass is 10.1. The van der Waals surface area contributed by atoms with Gasteiger partial charge in [0.05, 0.1) is 0 Å². The first kappa shape index (κ1) is 15.2. The Balaban J connectivity index is 1.89. The molecule has 1 heterocycles. The number of carbonyl (C=O) groups is 1. The number of nitrogens with one attached hydrogen (secondary N) is 1. The summed E-state index contributed by atoms with van der Waals surface area (Å²) >= 11 is 1.81. The summed E-state index contributed by atoms with van der Waals surface area (Å²) in [4.78, 5) is 12.9. The Hall–Kier alpha value is -0.870. The van der Waals surface area contributed by atoms with E-state index in [0.717, 1.165) is 38.6 Å². The van der Waals surface area contributed by atoms with E-state index in [-0.39, 0.29) is 5.91 Å². The number of unbranched alkanes of at least 4 members (excludes halogenated alkanes) is 3. The number of amides is 1. The SMILES string of the molecule is NCCCCNC(=O)CCCCCc1cccs1. The first-order valence-corrected chi connectivity index (χ1v) is 7.70. The molecule has 0 aromatic carbocycles. The molecule has 0 atom stereocenters. The van der Waals surface area contributed by atoms with Gasteiger partial charge in [-0.3, -0.25) is 4.79 Å². The van der Waals surface area contributed by atoms with Crippen molar-refractivity contribution in [3.8, 4) is 0 Å². The highest BCUT2D eigenvalue weighted by atomic mass is 32.1. The highest BCUT2D eigenvalue weighted by Gasteiger charge is 2.00. The highest BCUT2D eigenvalue weighted by Crippen LogP contribution is 2.13. The molecule has 18 heavy (non-hydrogen) atoms. The lowest BCUT2D eigenvalue weighted by molar-refractivity contribution is -0.121. The molecule has 0 aliphatic rings. The van der Waals surface area contributed by atoms with Crippen LogP contribution in [0.2, 0.25) is 0 Å². The van der Waals surface area contributed by atoms with Crippen LogP contribution in [0, 0.1) is 0 Å². The second-order valence-corrected chi connectivity index (χ2v) is 5.52. The minimum Gasteiger partial charge on any atom is -0.356 e. The topological polar surface area (TPSA) is 55.1 Å². The van der Waals surface area contributed by atoms with Gasteiger partial charge in [-0.25, -0.2) is 0 Å².